The van der Waals surface area contributed by atoms with Gasteiger partial charge in [-0.15, -0.1) is 0 Å². The lowest BCUT2D eigenvalue weighted by molar-refractivity contribution is -0.137. The van der Waals surface area contributed by atoms with E-state index in [1.54, 1.807) is 13.8 Å². The Morgan fingerprint density at radius 1 is 1.28 bits per heavy atom. The zero-order valence-corrected chi connectivity index (χ0v) is 11.2. The van der Waals surface area contributed by atoms with Crippen LogP contribution in [-0.2, 0) is 6.18 Å². The largest absolute Gasteiger partial charge is 0.420 e. The van der Waals surface area contributed by atoms with E-state index in [1.807, 2.05) is 0 Å². The summed E-state index contributed by atoms with van der Waals surface area (Å²) in [5, 5.41) is 4.06. The molecule has 2 aromatic heterocycles. The Bertz CT molecular complexity index is 590. The number of rotatable bonds is 1. The van der Waals surface area contributed by atoms with E-state index in [9.17, 15) is 13.2 Å². The van der Waals surface area contributed by atoms with Gasteiger partial charge in [0.2, 0.25) is 0 Å². The first kappa shape index (κ1) is 13.1. The number of halogens is 4. The van der Waals surface area contributed by atoms with Crippen molar-refractivity contribution in [1.82, 2.24) is 14.8 Å². The maximum absolute atomic E-state index is 12.9. The first-order chi connectivity index (χ1) is 8.32. The third kappa shape index (κ3) is 2.14. The molecule has 7 heteroatoms. The Kier molecular flexibility index (Phi) is 3.18. The predicted molar refractivity (Wildman–Crippen MR) is 63.5 cm³/mol. The summed E-state index contributed by atoms with van der Waals surface area (Å²) in [4.78, 5) is 3.79. The Labute approximate surface area is 110 Å². The predicted octanol–water partition coefficient (Wildman–Crippen LogP) is 3.67. The lowest BCUT2D eigenvalue weighted by atomic mass is 10.2. The van der Waals surface area contributed by atoms with E-state index in [1.165, 1.54) is 16.9 Å². The number of hydrogen-bond acceptors (Lipinski definition) is 2. The van der Waals surface area contributed by atoms with Crippen LogP contribution in [0.15, 0.2) is 22.8 Å². The van der Waals surface area contributed by atoms with Crippen molar-refractivity contribution in [3.8, 4) is 5.82 Å². The fourth-order valence-electron chi connectivity index (χ4n) is 1.62. The molecule has 0 amide bonds. The summed E-state index contributed by atoms with van der Waals surface area (Å²) < 4.78 is 40.5. The van der Waals surface area contributed by atoms with Crippen LogP contribution in [-0.4, -0.2) is 14.8 Å². The second kappa shape index (κ2) is 4.38. The average molecular weight is 320 g/mol. The molecule has 0 atom stereocenters. The molecule has 0 fully saturated rings. The first-order valence-electron chi connectivity index (χ1n) is 5.06. The molecular weight excluding hydrogens is 311 g/mol. The van der Waals surface area contributed by atoms with Gasteiger partial charge in [-0.05, 0) is 41.9 Å². The zero-order valence-electron chi connectivity index (χ0n) is 9.59. The number of aryl methyl sites for hydroxylation is 1. The molecule has 0 aliphatic carbocycles. The van der Waals surface area contributed by atoms with Gasteiger partial charge in [0.05, 0.1) is 15.9 Å². The zero-order chi connectivity index (χ0) is 13.5. The highest BCUT2D eigenvalue weighted by Crippen LogP contribution is 2.33. The Balaban J connectivity index is 2.68. The van der Waals surface area contributed by atoms with Crippen molar-refractivity contribution in [2.24, 2.45) is 0 Å². The van der Waals surface area contributed by atoms with Gasteiger partial charge in [-0.3, -0.25) is 0 Å². The van der Waals surface area contributed by atoms with Crippen LogP contribution >= 0.6 is 15.9 Å². The van der Waals surface area contributed by atoms with Crippen molar-refractivity contribution in [1.29, 1.82) is 0 Å². The van der Waals surface area contributed by atoms with Crippen LogP contribution in [0, 0.1) is 13.8 Å². The smallest absolute Gasteiger partial charge is 0.237 e. The van der Waals surface area contributed by atoms with Crippen LogP contribution in [0.4, 0.5) is 13.2 Å². The summed E-state index contributed by atoms with van der Waals surface area (Å²) in [6, 6.07) is 2.25. The third-order valence-electron chi connectivity index (χ3n) is 2.50. The van der Waals surface area contributed by atoms with Crippen LogP contribution in [0.5, 0.6) is 0 Å². The number of hydrogen-bond donors (Lipinski definition) is 0. The van der Waals surface area contributed by atoms with Gasteiger partial charge in [-0.1, -0.05) is 0 Å². The van der Waals surface area contributed by atoms with Gasteiger partial charge in [0, 0.05) is 6.20 Å². The molecule has 0 radical (unpaired) electrons. The Morgan fingerprint density at radius 3 is 2.44 bits per heavy atom. The number of alkyl halides is 3. The van der Waals surface area contributed by atoms with E-state index >= 15 is 0 Å². The lowest BCUT2D eigenvalue weighted by Gasteiger charge is -2.12. The average Bonchev–Trinajstić information content (AvgIpc) is 2.56. The van der Waals surface area contributed by atoms with Gasteiger partial charge in [0.1, 0.15) is 5.56 Å². The number of pyridine rings is 1. The van der Waals surface area contributed by atoms with E-state index in [-0.39, 0.29) is 5.82 Å². The topological polar surface area (TPSA) is 30.7 Å². The van der Waals surface area contributed by atoms with Gasteiger partial charge < -0.3 is 0 Å². The summed E-state index contributed by atoms with van der Waals surface area (Å²) in [5.74, 6) is -0.212. The second-order valence-corrected chi connectivity index (χ2v) is 4.56. The molecule has 2 heterocycles. The molecule has 0 aromatic carbocycles. The minimum Gasteiger partial charge on any atom is -0.237 e. The van der Waals surface area contributed by atoms with Crippen LogP contribution in [0.3, 0.4) is 0 Å². The minimum absolute atomic E-state index is 0.212. The van der Waals surface area contributed by atoms with Gasteiger partial charge in [-0.2, -0.15) is 18.3 Å². The van der Waals surface area contributed by atoms with Crippen LogP contribution in [0.1, 0.15) is 17.0 Å². The highest BCUT2D eigenvalue weighted by Gasteiger charge is 2.35. The molecular formula is C11H9BrF3N3. The van der Waals surface area contributed by atoms with Crippen molar-refractivity contribution < 1.29 is 13.2 Å². The van der Waals surface area contributed by atoms with Crippen molar-refractivity contribution in [3.05, 3.63) is 39.8 Å². The molecule has 2 rings (SSSR count). The Hall–Kier alpha value is -1.37. The summed E-state index contributed by atoms with van der Waals surface area (Å²) in [6.45, 7) is 3.39. The molecule has 0 saturated heterocycles. The van der Waals surface area contributed by atoms with E-state index in [2.05, 4.69) is 26.0 Å². The molecule has 2 aromatic rings. The molecule has 96 valence electrons. The normalized spacial score (nSPS) is 11.9. The molecule has 0 unspecified atom stereocenters. The summed E-state index contributed by atoms with van der Waals surface area (Å²) >= 11 is 3.28. The van der Waals surface area contributed by atoms with Gasteiger partial charge >= 0.3 is 6.18 Å². The van der Waals surface area contributed by atoms with E-state index in [0.29, 0.717) is 15.9 Å². The number of aromatic nitrogens is 3. The van der Waals surface area contributed by atoms with Gasteiger partial charge in [-0.25, -0.2) is 9.67 Å². The first-order valence-corrected chi connectivity index (χ1v) is 5.86. The minimum atomic E-state index is -4.46. The second-order valence-electron chi connectivity index (χ2n) is 3.77. The fraction of sp³-hybridized carbons (Fsp3) is 0.273. The molecule has 0 aliphatic rings. The SMILES string of the molecule is Cc1nn(-c2ncccc2C(F)(F)F)c(C)c1Br. The monoisotopic (exact) mass is 319 g/mol. The van der Waals surface area contributed by atoms with E-state index in [0.717, 1.165) is 6.07 Å². The highest BCUT2D eigenvalue weighted by atomic mass is 79.9. The molecule has 0 aliphatic heterocycles. The molecule has 3 nitrogen and oxygen atoms in total. The van der Waals surface area contributed by atoms with Crippen molar-refractivity contribution in [2.45, 2.75) is 20.0 Å². The van der Waals surface area contributed by atoms with Crippen LogP contribution in [0.25, 0.3) is 5.82 Å². The lowest BCUT2D eigenvalue weighted by Crippen LogP contribution is -2.13. The van der Waals surface area contributed by atoms with Crippen LogP contribution in [0.2, 0.25) is 0 Å². The number of nitrogens with zero attached hydrogens (tertiary/aromatic N) is 3. The standard InChI is InChI=1S/C11H9BrF3N3/c1-6-9(12)7(2)18(17-6)10-8(11(13,14)15)4-3-5-16-10/h3-5H,1-2H3. The van der Waals surface area contributed by atoms with Crippen LogP contribution < -0.4 is 0 Å². The maximum atomic E-state index is 12.9. The van der Waals surface area contributed by atoms with Crippen molar-refractivity contribution in [2.75, 3.05) is 0 Å². The van der Waals surface area contributed by atoms with Gasteiger partial charge in [0.25, 0.3) is 0 Å². The fourth-order valence-corrected chi connectivity index (χ4v) is 1.86. The van der Waals surface area contributed by atoms with Gasteiger partial charge in [0.15, 0.2) is 5.82 Å². The summed E-state index contributed by atoms with van der Waals surface area (Å²) in [5.41, 5.74) is 0.395. The molecule has 0 spiro atoms. The Morgan fingerprint density at radius 2 is 1.94 bits per heavy atom. The molecule has 0 N–H and O–H groups in total. The van der Waals surface area contributed by atoms with E-state index < -0.39 is 11.7 Å². The summed E-state index contributed by atoms with van der Waals surface area (Å²) in [7, 11) is 0. The van der Waals surface area contributed by atoms with Crippen molar-refractivity contribution >= 4 is 15.9 Å². The molecule has 0 saturated carbocycles. The van der Waals surface area contributed by atoms with Crippen molar-refractivity contribution in [3.63, 3.8) is 0 Å². The third-order valence-corrected chi connectivity index (χ3v) is 3.64. The highest BCUT2D eigenvalue weighted by molar-refractivity contribution is 9.10. The molecule has 0 bridgehead atoms. The maximum Gasteiger partial charge on any atom is 0.420 e. The molecule has 18 heavy (non-hydrogen) atoms. The quantitative estimate of drug-likeness (QED) is 0.803. The van der Waals surface area contributed by atoms with E-state index in [4.69, 9.17) is 0 Å². The summed E-state index contributed by atoms with van der Waals surface area (Å²) in [6.07, 6.45) is -3.14.